The summed E-state index contributed by atoms with van der Waals surface area (Å²) in [6, 6.07) is 8.00. The highest BCUT2D eigenvalue weighted by molar-refractivity contribution is 7.05. The molecule has 1 aromatic carbocycles. The van der Waals surface area contributed by atoms with Gasteiger partial charge >= 0.3 is 0 Å². The van der Waals surface area contributed by atoms with Gasteiger partial charge in [-0.05, 0) is 35.8 Å². The third-order valence-electron chi connectivity index (χ3n) is 2.27. The van der Waals surface area contributed by atoms with Crippen molar-refractivity contribution in [1.82, 2.24) is 14.9 Å². The summed E-state index contributed by atoms with van der Waals surface area (Å²) in [5.74, 6) is 0. The van der Waals surface area contributed by atoms with Gasteiger partial charge in [-0.25, -0.2) is 0 Å². The first-order valence-electron chi connectivity index (χ1n) is 5.07. The maximum absolute atomic E-state index is 5.88. The standard InChI is InChI=1S/C11H12ClN3S/c1-2-13-11(10-7-14-15-16-10)8-3-5-9(12)6-4-8/h3-7,11,13H,2H2,1H3. The summed E-state index contributed by atoms with van der Waals surface area (Å²) < 4.78 is 3.89. The lowest BCUT2D eigenvalue weighted by Gasteiger charge is -2.15. The lowest BCUT2D eigenvalue weighted by molar-refractivity contribution is 0.638. The third-order valence-corrected chi connectivity index (χ3v) is 3.25. The monoisotopic (exact) mass is 253 g/mol. The summed E-state index contributed by atoms with van der Waals surface area (Å²) in [7, 11) is 0. The molecule has 0 fully saturated rings. The van der Waals surface area contributed by atoms with Crippen molar-refractivity contribution in [2.45, 2.75) is 13.0 Å². The number of rotatable bonds is 4. The quantitative estimate of drug-likeness (QED) is 0.911. The second-order valence-corrected chi connectivity index (χ2v) is 4.62. The maximum atomic E-state index is 5.88. The van der Waals surface area contributed by atoms with E-state index in [2.05, 4.69) is 21.8 Å². The molecule has 3 nitrogen and oxygen atoms in total. The van der Waals surface area contributed by atoms with Crippen LogP contribution in [0.15, 0.2) is 30.5 Å². The fraction of sp³-hybridized carbons (Fsp3) is 0.273. The average molecular weight is 254 g/mol. The number of hydrogen-bond donors (Lipinski definition) is 1. The number of nitrogens with zero attached hydrogens (tertiary/aromatic N) is 2. The number of halogens is 1. The van der Waals surface area contributed by atoms with Gasteiger partial charge < -0.3 is 5.32 Å². The summed E-state index contributed by atoms with van der Waals surface area (Å²) in [6.07, 6.45) is 1.80. The van der Waals surface area contributed by atoms with Gasteiger partial charge in [-0.15, -0.1) is 5.10 Å². The zero-order valence-corrected chi connectivity index (χ0v) is 10.4. The van der Waals surface area contributed by atoms with Crippen LogP contribution in [0, 0.1) is 0 Å². The Labute approximate surface area is 104 Å². The van der Waals surface area contributed by atoms with Crippen molar-refractivity contribution in [3.63, 3.8) is 0 Å². The molecule has 0 spiro atoms. The molecule has 84 valence electrons. The largest absolute Gasteiger partial charge is 0.306 e. The molecule has 0 saturated heterocycles. The van der Waals surface area contributed by atoms with Gasteiger partial charge in [0.25, 0.3) is 0 Å². The predicted octanol–water partition coefficient (Wildman–Crippen LogP) is 2.89. The summed E-state index contributed by atoms with van der Waals surface area (Å²) in [5, 5.41) is 8.03. The molecule has 1 aromatic heterocycles. The first-order valence-corrected chi connectivity index (χ1v) is 6.22. The zero-order chi connectivity index (χ0) is 11.4. The van der Waals surface area contributed by atoms with E-state index in [1.807, 2.05) is 24.3 Å². The molecule has 0 bridgehead atoms. The van der Waals surface area contributed by atoms with E-state index in [1.165, 1.54) is 17.1 Å². The smallest absolute Gasteiger partial charge is 0.0703 e. The Hall–Kier alpha value is -0.970. The molecule has 0 aliphatic carbocycles. The lowest BCUT2D eigenvalue weighted by atomic mass is 10.1. The SMILES string of the molecule is CCNC(c1ccc(Cl)cc1)c1cnns1. The Morgan fingerprint density at radius 3 is 2.69 bits per heavy atom. The van der Waals surface area contributed by atoms with Gasteiger partial charge in [0.2, 0.25) is 0 Å². The molecule has 0 aliphatic heterocycles. The van der Waals surface area contributed by atoms with E-state index in [-0.39, 0.29) is 6.04 Å². The van der Waals surface area contributed by atoms with Crippen LogP contribution in [0.3, 0.4) is 0 Å². The van der Waals surface area contributed by atoms with Crippen LogP contribution < -0.4 is 5.32 Å². The van der Waals surface area contributed by atoms with Crippen molar-refractivity contribution in [2.24, 2.45) is 0 Å². The van der Waals surface area contributed by atoms with Gasteiger partial charge in [-0.2, -0.15) is 0 Å². The minimum Gasteiger partial charge on any atom is -0.306 e. The van der Waals surface area contributed by atoms with Crippen LogP contribution in [-0.4, -0.2) is 16.1 Å². The highest BCUT2D eigenvalue weighted by atomic mass is 35.5. The normalized spacial score (nSPS) is 12.6. The topological polar surface area (TPSA) is 37.8 Å². The Bertz CT molecular complexity index is 427. The van der Waals surface area contributed by atoms with E-state index < -0.39 is 0 Å². The molecule has 5 heteroatoms. The second kappa shape index (κ2) is 5.39. The molecule has 0 radical (unpaired) electrons. The molecule has 2 rings (SSSR count). The zero-order valence-electron chi connectivity index (χ0n) is 8.85. The Kier molecular flexibility index (Phi) is 3.88. The number of benzene rings is 1. The predicted molar refractivity (Wildman–Crippen MR) is 66.9 cm³/mol. The minimum atomic E-state index is 0.155. The molecule has 2 aromatic rings. The average Bonchev–Trinajstić information content (AvgIpc) is 2.81. The molecule has 1 unspecified atom stereocenters. The van der Waals surface area contributed by atoms with Crippen molar-refractivity contribution in [2.75, 3.05) is 6.54 Å². The van der Waals surface area contributed by atoms with Gasteiger partial charge in [0.1, 0.15) is 0 Å². The molecular formula is C11H12ClN3S. The van der Waals surface area contributed by atoms with E-state index in [1.54, 1.807) is 6.20 Å². The van der Waals surface area contributed by atoms with Gasteiger partial charge in [0, 0.05) is 5.02 Å². The highest BCUT2D eigenvalue weighted by Crippen LogP contribution is 2.24. The first kappa shape index (κ1) is 11.5. The van der Waals surface area contributed by atoms with E-state index in [0.717, 1.165) is 16.4 Å². The Morgan fingerprint density at radius 2 is 2.12 bits per heavy atom. The fourth-order valence-electron chi connectivity index (χ4n) is 1.54. The molecular weight excluding hydrogens is 242 g/mol. The van der Waals surface area contributed by atoms with Crippen molar-refractivity contribution in [1.29, 1.82) is 0 Å². The van der Waals surface area contributed by atoms with E-state index in [0.29, 0.717) is 0 Å². The second-order valence-electron chi connectivity index (χ2n) is 3.36. The fourth-order valence-corrected chi connectivity index (χ4v) is 2.28. The molecule has 1 atom stereocenters. The first-order chi connectivity index (χ1) is 7.81. The molecule has 1 N–H and O–H groups in total. The van der Waals surface area contributed by atoms with E-state index in [9.17, 15) is 0 Å². The summed E-state index contributed by atoms with van der Waals surface area (Å²) in [6.45, 7) is 2.97. The van der Waals surface area contributed by atoms with Gasteiger partial charge in [0.05, 0.1) is 17.1 Å². The minimum absolute atomic E-state index is 0.155. The van der Waals surface area contributed by atoms with Crippen LogP contribution in [0.1, 0.15) is 23.4 Å². The lowest BCUT2D eigenvalue weighted by Crippen LogP contribution is -2.20. The van der Waals surface area contributed by atoms with Gasteiger partial charge in [-0.1, -0.05) is 35.1 Å². The molecule has 16 heavy (non-hydrogen) atoms. The number of hydrogen-bond acceptors (Lipinski definition) is 4. The number of aromatic nitrogens is 2. The van der Waals surface area contributed by atoms with Crippen molar-refractivity contribution < 1.29 is 0 Å². The summed E-state index contributed by atoms with van der Waals surface area (Å²) in [4.78, 5) is 1.11. The molecule has 0 saturated carbocycles. The van der Waals surface area contributed by atoms with Crippen molar-refractivity contribution in [3.05, 3.63) is 45.9 Å². The van der Waals surface area contributed by atoms with Crippen LogP contribution in [0.4, 0.5) is 0 Å². The van der Waals surface area contributed by atoms with Crippen LogP contribution >= 0.6 is 23.1 Å². The van der Waals surface area contributed by atoms with Crippen molar-refractivity contribution in [3.8, 4) is 0 Å². The van der Waals surface area contributed by atoms with Gasteiger partial charge in [-0.3, -0.25) is 0 Å². The van der Waals surface area contributed by atoms with Crippen LogP contribution in [0.25, 0.3) is 0 Å². The van der Waals surface area contributed by atoms with Crippen LogP contribution in [-0.2, 0) is 0 Å². The number of nitrogens with one attached hydrogen (secondary N) is 1. The highest BCUT2D eigenvalue weighted by Gasteiger charge is 2.14. The third kappa shape index (κ3) is 2.58. The van der Waals surface area contributed by atoms with Crippen LogP contribution in [0.2, 0.25) is 5.02 Å². The van der Waals surface area contributed by atoms with Crippen LogP contribution in [0.5, 0.6) is 0 Å². The van der Waals surface area contributed by atoms with Crippen molar-refractivity contribution >= 4 is 23.1 Å². The van der Waals surface area contributed by atoms with E-state index in [4.69, 9.17) is 11.6 Å². The van der Waals surface area contributed by atoms with E-state index >= 15 is 0 Å². The van der Waals surface area contributed by atoms with Gasteiger partial charge in [0.15, 0.2) is 0 Å². The maximum Gasteiger partial charge on any atom is 0.0703 e. The molecule has 1 heterocycles. The summed E-state index contributed by atoms with van der Waals surface area (Å²) >= 11 is 7.29. The Morgan fingerprint density at radius 1 is 1.38 bits per heavy atom. The molecule has 0 aliphatic rings. The summed E-state index contributed by atoms with van der Waals surface area (Å²) in [5.41, 5.74) is 1.18. The molecule has 0 amide bonds. The Balaban J connectivity index is 2.29.